The van der Waals surface area contributed by atoms with Crippen LogP contribution in [0.2, 0.25) is 0 Å². The Balaban J connectivity index is 1.71. The number of para-hydroxylation sites is 1. The maximum atomic E-state index is 14.3. The van der Waals surface area contributed by atoms with Crippen molar-refractivity contribution in [1.82, 2.24) is 14.7 Å². The van der Waals surface area contributed by atoms with Crippen LogP contribution in [0.4, 0.5) is 4.39 Å². The fraction of sp³-hybridized carbons (Fsp3) is 0.304. The molecule has 0 aliphatic carbocycles. The van der Waals surface area contributed by atoms with Crippen LogP contribution in [0.5, 0.6) is 5.75 Å². The topological polar surface area (TPSA) is 54.1 Å². The van der Waals surface area contributed by atoms with E-state index >= 15 is 0 Å². The van der Waals surface area contributed by atoms with Crippen molar-refractivity contribution >= 4 is 0 Å². The lowest BCUT2D eigenvalue weighted by atomic mass is 9.99. The van der Waals surface area contributed by atoms with Crippen molar-refractivity contribution < 1.29 is 9.13 Å². The van der Waals surface area contributed by atoms with E-state index in [4.69, 9.17) is 9.84 Å². The number of piperidine rings is 1. The zero-order valence-corrected chi connectivity index (χ0v) is 16.4. The van der Waals surface area contributed by atoms with Crippen LogP contribution in [-0.4, -0.2) is 34.9 Å². The number of likely N-dealkylation sites (tertiary alicyclic amines) is 1. The summed E-state index contributed by atoms with van der Waals surface area (Å²) >= 11 is 0. The van der Waals surface area contributed by atoms with Crippen LogP contribution in [0.15, 0.2) is 54.7 Å². The Hall–Kier alpha value is -3.17. The fourth-order valence-electron chi connectivity index (χ4n) is 3.82. The van der Waals surface area contributed by atoms with Crippen LogP contribution in [0, 0.1) is 23.1 Å². The lowest BCUT2D eigenvalue weighted by Crippen LogP contribution is -2.34. The zero-order chi connectivity index (χ0) is 20.2. The molecule has 0 N–H and O–H groups in total. The summed E-state index contributed by atoms with van der Waals surface area (Å²) in [5.74, 6) is 0.525. The van der Waals surface area contributed by atoms with Gasteiger partial charge in [0.1, 0.15) is 17.3 Å². The molecule has 0 unspecified atom stereocenters. The minimum absolute atomic E-state index is 0.0646. The van der Waals surface area contributed by atoms with Crippen molar-refractivity contribution in [1.29, 1.82) is 5.26 Å². The van der Waals surface area contributed by atoms with E-state index in [9.17, 15) is 9.65 Å². The van der Waals surface area contributed by atoms with Gasteiger partial charge >= 0.3 is 0 Å². The van der Waals surface area contributed by atoms with E-state index in [-0.39, 0.29) is 11.7 Å². The molecule has 1 aliphatic heterocycles. The number of hydrogen-bond acceptors (Lipinski definition) is 4. The molecule has 1 aliphatic rings. The third kappa shape index (κ3) is 4.15. The van der Waals surface area contributed by atoms with Crippen molar-refractivity contribution in [2.75, 3.05) is 20.2 Å². The van der Waals surface area contributed by atoms with E-state index < -0.39 is 0 Å². The first-order chi connectivity index (χ1) is 14.2. The summed E-state index contributed by atoms with van der Waals surface area (Å²) in [4.78, 5) is 2.28. The van der Waals surface area contributed by atoms with Gasteiger partial charge in [0.25, 0.3) is 0 Å². The molecular weight excluding hydrogens is 367 g/mol. The molecule has 6 heteroatoms. The Morgan fingerprint density at radius 2 is 2.00 bits per heavy atom. The molecule has 4 rings (SSSR count). The second kappa shape index (κ2) is 8.46. The van der Waals surface area contributed by atoms with Gasteiger partial charge in [-0.15, -0.1) is 0 Å². The summed E-state index contributed by atoms with van der Waals surface area (Å²) in [6.07, 6.45) is 3.86. The minimum atomic E-state index is -0.314. The van der Waals surface area contributed by atoms with Gasteiger partial charge in [-0.2, -0.15) is 10.4 Å². The van der Waals surface area contributed by atoms with E-state index in [1.165, 1.54) is 6.07 Å². The Morgan fingerprint density at radius 1 is 1.21 bits per heavy atom. The van der Waals surface area contributed by atoms with Crippen molar-refractivity contribution in [3.8, 4) is 28.8 Å². The number of benzene rings is 2. The molecule has 0 saturated carbocycles. The van der Waals surface area contributed by atoms with E-state index in [0.717, 1.165) is 48.5 Å². The fourth-order valence-corrected chi connectivity index (χ4v) is 3.82. The first-order valence-electron chi connectivity index (χ1n) is 9.78. The smallest absolute Gasteiger partial charge is 0.148 e. The summed E-state index contributed by atoms with van der Waals surface area (Å²) in [7, 11) is 1.63. The molecule has 1 atom stereocenters. The lowest BCUT2D eigenvalue weighted by Gasteiger charge is -2.29. The van der Waals surface area contributed by atoms with Crippen molar-refractivity contribution in [2.45, 2.75) is 19.4 Å². The molecule has 29 heavy (non-hydrogen) atoms. The monoisotopic (exact) mass is 390 g/mol. The molecule has 0 radical (unpaired) electrons. The number of methoxy groups -OCH3 is 1. The van der Waals surface area contributed by atoms with Gasteiger partial charge in [-0.3, -0.25) is 4.90 Å². The van der Waals surface area contributed by atoms with Crippen LogP contribution in [0.3, 0.4) is 0 Å². The molecule has 2 heterocycles. The van der Waals surface area contributed by atoms with Gasteiger partial charge in [-0.05, 0) is 55.8 Å². The molecule has 1 fully saturated rings. The maximum Gasteiger partial charge on any atom is 0.148 e. The Labute approximate surface area is 169 Å². The van der Waals surface area contributed by atoms with E-state index in [1.807, 2.05) is 30.5 Å². The average molecular weight is 390 g/mol. The lowest BCUT2D eigenvalue weighted by molar-refractivity contribution is 0.192. The van der Waals surface area contributed by atoms with Crippen LogP contribution in [0.25, 0.3) is 16.9 Å². The highest BCUT2D eigenvalue weighted by Crippen LogP contribution is 2.28. The SMILES string of the molecule is COc1ccc(-c2nn(-c3ccccc3F)cc2CN2CCC[C@@H](C#N)C2)cc1. The van der Waals surface area contributed by atoms with Crippen LogP contribution >= 0.6 is 0 Å². The van der Waals surface area contributed by atoms with Crippen LogP contribution < -0.4 is 4.74 Å². The van der Waals surface area contributed by atoms with Gasteiger partial charge in [0.05, 0.1) is 24.8 Å². The number of rotatable bonds is 5. The number of aromatic nitrogens is 2. The standard InChI is InChI=1S/C23H23FN4O/c1-29-20-10-8-18(9-11-20)23-19(15-27-12-4-5-17(13-25)14-27)16-28(26-23)22-7-3-2-6-21(22)24/h2-3,6-11,16-17H,4-5,12,14-15H2,1H3/t17-/m0/s1. The number of nitriles is 1. The molecule has 0 amide bonds. The number of ether oxygens (including phenoxy) is 1. The summed E-state index contributed by atoms with van der Waals surface area (Å²) in [5.41, 5.74) is 3.19. The predicted molar refractivity (Wildman–Crippen MR) is 109 cm³/mol. The number of hydrogen-bond donors (Lipinski definition) is 0. The van der Waals surface area contributed by atoms with Crippen molar-refractivity contribution in [3.63, 3.8) is 0 Å². The van der Waals surface area contributed by atoms with Gasteiger partial charge in [0.15, 0.2) is 0 Å². The normalized spacial score (nSPS) is 17.1. The van der Waals surface area contributed by atoms with Crippen molar-refractivity contribution in [3.05, 3.63) is 66.1 Å². The molecule has 148 valence electrons. The average Bonchev–Trinajstić information content (AvgIpc) is 3.17. The van der Waals surface area contributed by atoms with Crippen LogP contribution in [0.1, 0.15) is 18.4 Å². The maximum absolute atomic E-state index is 14.3. The molecule has 2 aromatic carbocycles. The highest BCUT2D eigenvalue weighted by atomic mass is 19.1. The first-order valence-corrected chi connectivity index (χ1v) is 9.78. The molecular formula is C23H23FN4O. The summed E-state index contributed by atoms with van der Waals surface area (Å²) in [6, 6.07) is 16.7. The van der Waals surface area contributed by atoms with E-state index in [0.29, 0.717) is 12.2 Å². The zero-order valence-electron chi connectivity index (χ0n) is 16.4. The number of nitrogens with zero attached hydrogens (tertiary/aromatic N) is 4. The Kier molecular flexibility index (Phi) is 5.59. The van der Waals surface area contributed by atoms with E-state index in [1.54, 1.807) is 30.0 Å². The van der Waals surface area contributed by atoms with Gasteiger partial charge in [0.2, 0.25) is 0 Å². The van der Waals surface area contributed by atoms with Gasteiger partial charge in [-0.1, -0.05) is 12.1 Å². The molecule has 3 aromatic rings. The first kappa shape index (κ1) is 19.2. The Morgan fingerprint density at radius 3 is 2.72 bits per heavy atom. The second-order valence-corrected chi connectivity index (χ2v) is 7.33. The quantitative estimate of drug-likeness (QED) is 0.647. The molecule has 1 aromatic heterocycles. The molecule has 5 nitrogen and oxygen atoms in total. The van der Waals surface area contributed by atoms with Gasteiger partial charge < -0.3 is 4.74 Å². The van der Waals surface area contributed by atoms with Crippen molar-refractivity contribution in [2.24, 2.45) is 5.92 Å². The highest BCUT2D eigenvalue weighted by Gasteiger charge is 2.22. The van der Waals surface area contributed by atoms with Crippen LogP contribution in [-0.2, 0) is 6.54 Å². The second-order valence-electron chi connectivity index (χ2n) is 7.33. The third-order valence-electron chi connectivity index (χ3n) is 5.33. The third-order valence-corrected chi connectivity index (χ3v) is 5.33. The minimum Gasteiger partial charge on any atom is -0.497 e. The number of halogens is 1. The molecule has 0 bridgehead atoms. The largest absolute Gasteiger partial charge is 0.497 e. The Bertz CT molecular complexity index is 1020. The predicted octanol–water partition coefficient (Wildman–Crippen LogP) is 4.42. The molecule has 0 spiro atoms. The highest BCUT2D eigenvalue weighted by molar-refractivity contribution is 5.64. The van der Waals surface area contributed by atoms with Gasteiger partial charge in [-0.25, -0.2) is 9.07 Å². The molecule has 1 saturated heterocycles. The van der Waals surface area contributed by atoms with E-state index in [2.05, 4.69) is 11.0 Å². The summed E-state index contributed by atoms with van der Waals surface area (Å²) < 4.78 is 21.2. The summed E-state index contributed by atoms with van der Waals surface area (Å²) in [6.45, 7) is 2.38. The van der Waals surface area contributed by atoms with Gasteiger partial charge in [0, 0.05) is 30.4 Å². The summed E-state index contributed by atoms with van der Waals surface area (Å²) in [5, 5.41) is 14.0.